The number of amides is 1. The van der Waals surface area contributed by atoms with Crippen LogP contribution in [0.4, 0.5) is 0 Å². The first-order valence-corrected chi connectivity index (χ1v) is 4.58. The summed E-state index contributed by atoms with van der Waals surface area (Å²) in [6.45, 7) is 4.03. The molecule has 0 atom stereocenters. The number of hydrogen-bond donors (Lipinski definition) is 1. The molecule has 13 heavy (non-hydrogen) atoms. The van der Waals surface area contributed by atoms with Gasteiger partial charge in [-0.2, -0.15) is 0 Å². The quantitative estimate of drug-likeness (QED) is 0.633. The zero-order chi connectivity index (χ0) is 10.1. The van der Waals surface area contributed by atoms with Gasteiger partial charge >= 0.3 is 0 Å². The number of hydrogen-bond acceptors (Lipinski definition) is 2. The molecule has 0 unspecified atom stereocenters. The van der Waals surface area contributed by atoms with Crippen LogP contribution in [0, 0.1) is 0 Å². The molecule has 0 saturated heterocycles. The van der Waals surface area contributed by atoms with E-state index in [1.807, 2.05) is 6.92 Å². The van der Waals surface area contributed by atoms with Crippen molar-refractivity contribution in [2.45, 2.75) is 33.1 Å². The Morgan fingerprint density at radius 2 is 2.00 bits per heavy atom. The Balaban J connectivity index is 3.38. The van der Waals surface area contributed by atoms with E-state index in [2.05, 4.69) is 5.32 Å². The highest BCUT2D eigenvalue weighted by molar-refractivity contribution is 5.77. The Bertz CT molecular complexity index is 197. The van der Waals surface area contributed by atoms with Crippen LogP contribution >= 0.6 is 0 Å². The van der Waals surface area contributed by atoms with Gasteiger partial charge in [-0.25, -0.2) is 0 Å². The molecule has 0 bridgehead atoms. The highest BCUT2D eigenvalue weighted by Crippen LogP contribution is 1.86. The molecule has 0 radical (unpaired) electrons. The molecule has 1 amide bonds. The lowest BCUT2D eigenvalue weighted by Gasteiger charge is -1.98. The molecular formula is C10H17NO2. The molecule has 1 N–H and O–H groups in total. The number of ketones is 1. The minimum absolute atomic E-state index is 0.0648. The van der Waals surface area contributed by atoms with E-state index in [1.165, 1.54) is 0 Å². The van der Waals surface area contributed by atoms with E-state index in [-0.39, 0.29) is 11.7 Å². The van der Waals surface area contributed by atoms with Crippen molar-refractivity contribution in [3.05, 3.63) is 12.2 Å². The molecule has 0 aliphatic rings. The van der Waals surface area contributed by atoms with Crippen molar-refractivity contribution in [2.24, 2.45) is 0 Å². The summed E-state index contributed by atoms with van der Waals surface area (Å²) >= 11 is 0. The van der Waals surface area contributed by atoms with E-state index >= 15 is 0 Å². The van der Waals surface area contributed by atoms with E-state index < -0.39 is 0 Å². The number of rotatable bonds is 6. The van der Waals surface area contributed by atoms with Gasteiger partial charge < -0.3 is 5.32 Å². The first-order valence-electron chi connectivity index (χ1n) is 4.58. The molecule has 0 rings (SSSR count). The number of carbonyl (C=O) groups is 2. The van der Waals surface area contributed by atoms with Crippen molar-refractivity contribution < 1.29 is 9.59 Å². The van der Waals surface area contributed by atoms with Crippen molar-refractivity contribution in [3.63, 3.8) is 0 Å². The average Bonchev–Trinajstić information content (AvgIpc) is 2.03. The fraction of sp³-hybridized carbons (Fsp3) is 0.600. The van der Waals surface area contributed by atoms with Crippen molar-refractivity contribution in [3.8, 4) is 0 Å². The lowest BCUT2D eigenvalue weighted by molar-refractivity contribution is -0.121. The molecule has 0 heterocycles. The molecule has 74 valence electrons. The summed E-state index contributed by atoms with van der Waals surface area (Å²) < 4.78 is 0. The molecule has 0 saturated carbocycles. The summed E-state index contributed by atoms with van der Waals surface area (Å²) in [6, 6.07) is 0. The maximum Gasteiger partial charge on any atom is 0.220 e. The first-order chi connectivity index (χ1) is 6.16. The van der Waals surface area contributed by atoms with Crippen molar-refractivity contribution >= 4 is 11.7 Å². The van der Waals surface area contributed by atoms with Crippen LogP contribution in [-0.2, 0) is 9.59 Å². The van der Waals surface area contributed by atoms with Crippen LogP contribution in [0.15, 0.2) is 12.2 Å². The largest absolute Gasteiger partial charge is 0.353 e. The summed E-state index contributed by atoms with van der Waals surface area (Å²) in [5, 5.41) is 2.72. The molecular weight excluding hydrogens is 166 g/mol. The van der Waals surface area contributed by atoms with Gasteiger partial charge in [0.1, 0.15) is 5.78 Å². The SMILES string of the molecule is CCCC(=O)NC/C=C/CC(C)=O. The van der Waals surface area contributed by atoms with E-state index in [0.29, 0.717) is 19.4 Å². The van der Waals surface area contributed by atoms with Gasteiger partial charge in [0.25, 0.3) is 0 Å². The minimum Gasteiger partial charge on any atom is -0.353 e. The van der Waals surface area contributed by atoms with Gasteiger partial charge in [-0.3, -0.25) is 9.59 Å². The van der Waals surface area contributed by atoms with Crippen LogP contribution in [0.25, 0.3) is 0 Å². The summed E-state index contributed by atoms with van der Waals surface area (Å²) in [5.41, 5.74) is 0. The maximum atomic E-state index is 10.9. The highest BCUT2D eigenvalue weighted by atomic mass is 16.1. The summed E-state index contributed by atoms with van der Waals surface area (Å²) in [4.78, 5) is 21.4. The second-order valence-electron chi connectivity index (χ2n) is 2.93. The molecule has 0 spiro atoms. The predicted octanol–water partition coefficient (Wildman–Crippen LogP) is 1.44. The average molecular weight is 183 g/mol. The smallest absolute Gasteiger partial charge is 0.220 e. The molecule has 0 aromatic rings. The number of nitrogens with one attached hydrogen (secondary N) is 1. The lowest BCUT2D eigenvalue weighted by atomic mass is 10.3. The number of Topliss-reactive ketones (excluding diaryl/α,β-unsaturated/α-hetero) is 1. The topological polar surface area (TPSA) is 46.2 Å². The van der Waals surface area contributed by atoms with E-state index in [9.17, 15) is 9.59 Å². The molecule has 0 aliphatic carbocycles. The van der Waals surface area contributed by atoms with Crippen LogP contribution in [0.1, 0.15) is 33.1 Å². The predicted molar refractivity (Wildman–Crippen MR) is 52.4 cm³/mol. The Hall–Kier alpha value is -1.12. The third-order valence-electron chi connectivity index (χ3n) is 1.47. The summed E-state index contributed by atoms with van der Waals surface area (Å²) in [6.07, 6.45) is 5.46. The van der Waals surface area contributed by atoms with Crippen LogP contribution in [-0.4, -0.2) is 18.2 Å². The summed E-state index contributed by atoms with van der Waals surface area (Å²) in [5.74, 6) is 0.200. The number of carbonyl (C=O) groups excluding carboxylic acids is 2. The molecule has 0 fully saturated rings. The molecule has 0 aliphatic heterocycles. The molecule has 3 heteroatoms. The van der Waals surface area contributed by atoms with Crippen LogP contribution < -0.4 is 5.32 Å². The van der Waals surface area contributed by atoms with Gasteiger partial charge in [-0.05, 0) is 13.3 Å². The fourth-order valence-electron chi connectivity index (χ4n) is 0.821. The lowest BCUT2D eigenvalue weighted by Crippen LogP contribution is -2.22. The van der Waals surface area contributed by atoms with Crippen molar-refractivity contribution in [2.75, 3.05) is 6.54 Å². The van der Waals surface area contributed by atoms with Crippen LogP contribution in [0.2, 0.25) is 0 Å². The van der Waals surface area contributed by atoms with E-state index in [4.69, 9.17) is 0 Å². The zero-order valence-electron chi connectivity index (χ0n) is 8.30. The number of allylic oxidation sites excluding steroid dienone is 1. The second-order valence-corrected chi connectivity index (χ2v) is 2.93. The van der Waals surface area contributed by atoms with Crippen molar-refractivity contribution in [1.82, 2.24) is 5.32 Å². The van der Waals surface area contributed by atoms with Gasteiger partial charge in [-0.15, -0.1) is 0 Å². The van der Waals surface area contributed by atoms with Gasteiger partial charge in [0.15, 0.2) is 0 Å². The van der Waals surface area contributed by atoms with E-state index in [0.717, 1.165) is 6.42 Å². The fourth-order valence-corrected chi connectivity index (χ4v) is 0.821. The Morgan fingerprint density at radius 3 is 2.54 bits per heavy atom. The molecule has 0 aromatic heterocycles. The Labute approximate surface area is 79.2 Å². The Morgan fingerprint density at radius 1 is 1.31 bits per heavy atom. The second kappa shape index (κ2) is 7.53. The van der Waals surface area contributed by atoms with Crippen LogP contribution in [0.5, 0.6) is 0 Å². The minimum atomic E-state index is 0.0648. The first kappa shape index (κ1) is 11.9. The highest BCUT2D eigenvalue weighted by Gasteiger charge is 1.94. The van der Waals surface area contributed by atoms with Crippen LogP contribution in [0.3, 0.4) is 0 Å². The Kier molecular flexibility index (Phi) is 6.88. The van der Waals surface area contributed by atoms with Gasteiger partial charge in [0.05, 0.1) is 0 Å². The van der Waals surface area contributed by atoms with Crippen molar-refractivity contribution in [1.29, 1.82) is 0 Å². The monoisotopic (exact) mass is 183 g/mol. The van der Waals surface area contributed by atoms with E-state index in [1.54, 1.807) is 19.1 Å². The third kappa shape index (κ3) is 8.79. The van der Waals surface area contributed by atoms with Gasteiger partial charge in [0.2, 0.25) is 5.91 Å². The molecule has 0 aromatic carbocycles. The normalized spacial score (nSPS) is 10.3. The van der Waals surface area contributed by atoms with Gasteiger partial charge in [0, 0.05) is 19.4 Å². The summed E-state index contributed by atoms with van der Waals surface area (Å²) in [7, 11) is 0. The third-order valence-corrected chi connectivity index (χ3v) is 1.47. The standard InChI is InChI=1S/C10H17NO2/c1-3-6-10(13)11-8-5-4-7-9(2)12/h4-5H,3,6-8H2,1-2H3,(H,11,13)/b5-4+. The molecule has 3 nitrogen and oxygen atoms in total. The van der Waals surface area contributed by atoms with Gasteiger partial charge in [-0.1, -0.05) is 19.1 Å². The zero-order valence-corrected chi connectivity index (χ0v) is 8.30. The maximum absolute atomic E-state index is 10.9.